The van der Waals surface area contributed by atoms with E-state index in [-0.39, 0.29) is 0 Å². The monoisotopic (exact) mass is 232 g/mol. The first kappa shape index (κ1) is 9.83. The lowest BCUT2D eigenvalue weighted by Gasteiger charge is -2.59. The Morgan fingerprint density at radius 3 is 2.18 bits per heavy atom. The molecule has 6 rings (SSSR count). The average molecular weight is 232 g/mol. The molecule has 0 aromatic heterocycles. The molecular formula is C16H24O. The van der Waals surface area contributed by atoms with E-state index in [1.807, 2.05) is 0 Å². The molecule has 4 bridgehead atoms. The summed E-state index contributed by atoms with van der Waals surface area (Å²) in [5, 5.41) is 0. The molecule has 94 valence electrons. The van der Waals surface area contributed by atoms with Crippen LogP contribution in [0.1, 0.15) is 57.8 Å². The highest BCUT2D eigenvalue weighted by molar-refractivity contribution is 5.12. The molecule has 1 saturated heterocycles. The van der Waals surface area contributed by atoms with Crippen molar-refractivity contribution in [3.05, 3.63) is 0 Å². The van der Waals surface area contributed by atoms with E-state index in [0.717, 1.165) is 29.6 Å². The molecule has 0 N–H and O–H groups in total. The van der Waals surface area contributed by atoms with E-state index >= 15 is 0 Å². The lowest BCUT2D eigenvalue weighted by Crippen LogP contribution is -2.57. The maximum atomic E-state index is 6.75. The van der Waals surface area contributed by atoms with Gasteiger partial charge in [-0.25, -0.2) is 0 Å². The number of hydrogen-bond acceptors (Lipinski definition) is 1. The third kappa shape index (κ3) is 1.15. The SMILES string of the molecule is C1CC2CC3(OC2C1)C1CC2CC(C1)CC3C2. The van der Waals surface area contributed by atoms with Crippen molar-refractivity contribution in [3.8, 4) is 0 Å². The van der Waals surface area contributed by atoms with Gasteiger partial charge in [-0.3, -0.25) is 0 Å². The van der Waals surface area contributed by atoms with E-state index in [1.165, 1.54) is 51.4 Å². The zero-order chi connectivity index (χ0) is 11.0. The molecule has 0 aromatic rings. The van der Waals surface area contributed by atoms with Crippen molar-refractivity contribution in [2.45, 2.75) is 69.5 Å². The fourth-order valence-electron chi connectivity index (χ4n) is 6.64. The quantitative estimate of drug-likeness (QED) is 0.618. The Kier molecular flexibility index (Phi) is 1.79. The van der Waals surface area contributed by atoms with Gasteiger partial charge < -0.3 is 4.74 Å². The average Bonchev–Trinajstić information content (AvgIpc) is 2.83. The van der Waals surface area contributed by atoms with Crippen LogP contribution in [0.5, 0.6) is 0 Å². The Morgan fingerprint density at radius 2 is 1.53 bits per heavy atom. The van der Waals surface area contributed by atoms with Gasteiger partial charge >= 0.3 is 0 Å². The minimum absolute atomic E-state index is 0.392. The second kappa shape index (κ2) is 3.10. The molecule has 5 saturated carbocycles. The summed E-state index contributed by atoms with van der Waals surface area (Å²) in [6.45, 7) is 0. The van der Waals surface area contributed by atoms with Crippen LogP contribution >= 0.6 is 0 Å². The highest BCUT2D eigenvalue weighted by Gasteiger charge is 2.62. The maximum absolute atomic E-state index is 6.75. The lowest BCUT2D eigenvalue weighted by atomic mass is 9.49. The summed E-state index contributed by atoms with van der Waals surface area (Å²) in [5.74, 6) is 5.06. The van der Waals surface area contributed by atoms with Crippen LogP contribution in [0.2, 0.25) is 0 Å². The first-order chi connectivity index (χ1) is 8.33. The second-order valence-corrected chi connectivity index (χ2v) is 7.81. The third-order valence-corrected chi connectivity index (χ3v) is 7.06. The molecule has 0 radical (unpaired) electrons. The van der Waals surface area contributed by atoms with Gasteiger partial charge in [-0.05, 0) is 81.0 Å². The molecule has 1 nitrogen and oxygen atoms in total. The summed E-state index contributed by atoms with van der Waals surface area (Å²) in [6.07, 6.45) is 14.1. The molecule has 1 heterocycles. The molecule has 17 heavy (non-hydrogen) atoms. The van der Waals surface area contributed by atoms with Crippen molar-refractivity contribution >= 4 is 0 Å². The number of rotatable bonds is 0. The zero-order valence-electron chi connectivity index (χ0n) is 10.7. The van der Waals surface area contributed by atoms with Gasteiger partial charge in [-0.1, -0.05) is 6.42 Å². The van der Waals surface area contributed by atoms with Crippen LogP contribution in [0, 0.1) is 29.6 Å². The normalized spacial score (nSPS) is 63.5. The van der Waals surface area contributed by atoms with Gasteiger partial charge in [-0.15, -0.1) is 0 Å². The fourth-order valence-corrected chi connectivity index (χ4v) is 6.64. The van der Waals surface area contributed by atoms with Gasteiger partial charge in [0.05, 0.1) is 11.7 Å². The summed E-state index contributed by atoms with van der Waals surface area (Å²) >= 11 is 0. The smallest absolute Gasteiger partial charge is 0.0746 e. The summed E-state index contributed by atoms with van der Waals surface area (Å²) in [7, 11) is 0. The van der Waals surface area contributed by atoms with E-state index in [0.29, 0.717) is 11.7 Å². The molecule has 2 unspecified atom stereocenters. The van der Waals surface area contributed by atoms with Crippen molar-refractivity contribution in [2.75, 3.05) is 0 Å². The summed E-state index contributed by atoms with van der Waals surface area (Å²) < 4.78 is 6.75. The van der Waals surface area contributed by atoms with Gasteiger partial charge in [0.25, 0.3) is 0 Å². The predicted octanol–water partition coefficient (Wildman–Crippen LogP) is 3.77. The van der Waals surface area contributed by atoms with Crippen molar-refractivity contribution < 1.29 is 4.74 Å². The Bertz CT molecular complexity index is 305. The minimum atomic E-state index is 0.392. The first-order valence-corrected chi connectivity index (χ1v) is 8.01. The molecule has 1 aliphatic heterocycles. The molecule has 1 spiro atoms. The van der Waals surface area contributed by atoms with Crippen LogP contribution in [-0.4, -0.2) is 11.7 Å². The Balaban J connectivity index is 1.51. The van der Waals surface area contributed by atoms with Crippen molar-refractivity contribution in [1.82, 2.24) is 0 Å². The number of hydrogen-bond donors (Lipinski definition) is 0. The molecule has 0 aromatic carbocycles. The van der Waals surface area contributed by atoms with Crippen LogP contribution < -0.4 is 0 Å². The van der Waals surface area contributed by atoms with Crippen molar-refractivity contribution in [1.29, 1.82) is 0 Å². The van der Waals surface area contributed by atoms with Gasteiger partial charge in [-0.2, -0.15) is 0 Å². The molecule has 6 aliphatic rings. The Hall–Kier alpha value is -0.0400. The van der Waals surface area contributed by atoms with E-state index in [9.17, 15) is 0 Å². The van der Waals surface area contributed by atoms with Crippen molar-refractivity contribution in [3.63, 3.8) is 0 Å². The van der Waals surface area contributed by atoms with Gasteiger partial charge in [0.2, 0.25) is 0 Å². The predicted molar refractivity (Wildman–Crippen MR) is 66.6 cm³/mol. The largest absolute Gasteiger partial charge is 0.371 e. The van der Waals surface area contributed by atoms with E-state index in [4.69, 9.17) is 4.74 Å². The Morgan fingerprint density at radius 1 is 0.824 bits per heavy atom. The van der Waals surface area contributed by atoms with Crippen molar-refractivity contribution in [2.24, 2.45) is 29.6 Å². The highest BCUT2D eigenvalue weighted by Crippen LogP contribution is 2.64. The molecular weight excluding hydrogens is 208 g/mol. The second-order valence-electron chi connectivity index (χ2n) is 7.81. The van der Waals surface area contributed by atoms with Crippen LogP contribution in [0.15, 0.2) is 0 Å². The van der Waals surface area contributed by atoms with Crippen LogP contribution in [0.3, 0.4) is 0 Å². The van der Waals surface area contributed by atoms with Crippen LogP contribution in [-0.2, 0) is 4.74 Å². The molecule has 5 aliphatic carbocycles. The number of fused-ring (bicyclic) bond motifs is 1. The van der Waals surface area contributed by atoms with Gasteiger partial charge in [0.15, 0.2) is 0 Å². The summed E-state index contributed by atoms with van der Waals surface area (Å²) in [6, 6.07) is 0. The van der Waals surface area contributed by atoms with Crippen LogP contribution in [0.25, 0.3) is 0 Å². The Labute approximate surface area is 104 Å². The zero-order valence-corrected chi connectivity index (χ0v) is 10.7. The van der Waals surface area contributed by atoms with Gasteiger partial charge in [0.1, 0.15) is 0 Å². The molecule has 6 fully saturated rings. The fraction of sp³-hybridized carbons (Fsp3) is 1.00. The van der Waals surface area contributed by atoms with E-state index < -0.39 is 0 Å². The highest BCUT2D eigenvalue weighted by atomic mass is 16.5. The first-order valence-electron chi connectivity index (χ1n) is 8.01. The third-order valence-electron chi connectivity index (χ3n) is 7.06. The molecule has 1 heteroatoms. The van der Waals surface area contributed by atoms with E-state index in [2.05, 4.69) is 0 Å². The van der Waals surface area contributed by atoms with Gasteiger partial charge in [0, 0.05) is 0 Å². The molecule has 0 amide bonds. The standard InChI is InChI=1S/C16H24O/c1-2-12-9-16(17-15(12)3-1)13-5-10-4-11(7-13)8-14(16)6-10/h10-15H,1-9H2. The topological polar surface area (TPSA) is 9.23 Å². The minimum Gasteiger partial charge on any atom is -0.371 e. The van der Waals surface area contributed by atoms with Crippen LogP contribution in [0.4, 0.5) is 0 Å². The van der Waals surface area contributed by atoms with E-state index in [1.54, 1.807) is 6.42 Å². The number of ether oxygens (including phenoxy) is 1. The summed E-state index contributed by atoms with van der Waals surface area (Å²) in [5.41, 5.74) is 0.392. The maximum Gasteiger partial charge on any atom is 0.0746 e. The lowest BCUT2D eigenvalue weighted by molar-refractivity contribution is -0.195. The summed E-state index contributed by atoms with van der Waals surface area (Å²) in [4.78, 5) is 0. The molecule has 2 atom stereocenters.